The molecule has 0 saturated heterocycles. The molecular weight excluding hydrogens is 368 g/mol. The summed E-state index contributed by atoms with van der Waals surface area (Å²) in [4.78, 5) is 0. The maximum Gasteiger partial charge on any atom is 0.0987 e. The lowest BCUT2D eigenvalue weighted by Gasteiger charge is -2.14. The van der Waals surface area contributed by atoms with Crippen LogP contribution in [0.15, 0.2) is 46.9 Å². The molecule has 0 amide bonds. The summed E-state index contributed by atoms with van der Waals surface area (Å²) in [5.41, 5.74) is 2.43. The maximum atomic E-state index is 3.62. The topological polar surface area (TPSA) is 15.3 Å². The van der Waals surface area contributed by atoms with Gasteiger partial charge in [-0.1, -0.05) is 46.3 Å². The molecule has 0 spiro atoms. The van der Waals surface area contributed by atoms with E-state index in [1.807, 2.05) is 0 Å². The fraction of sp³-hybridized carbons (Fsp3) is 0.0667. The Morgan fingerprint density at radius 2 is 1.74 bits per heavy atom. The van der Waals surface area contributed by atoms with Gasteiger partial charge in [0, 0.05) is 15.2 Å². The van der Waals surface area contributed by atoms with Crippen molar-refractivity contribution >= 4 is 65.0 Å². The van der Waals surface area contributed by atoms with Crippen molar-refractivity contribution in [3.8, 4) is 0 Å². The van der Waals surface area contributed by atoms with Crippen molar-refractivity contribution in [2.45, 2.75) is 0 Å². The smallest absolute Gasteiger partial charge is 0.0987 e. The minimum absolute atomic E-state index is 0.786. The number of nitrogens with zero attached hydrogens (tertiary/aromatic N) is 1. The van der Waals surface area contributed by atoms with Crippen molar-refractivity contribution in [3.05, 3.63) is 46.9 Å². The molecule has 0 fully saturated rings. The number of hydrogen-bond donors (Lipinski definition) is 1. The lowest BCUT2D eigenvalue weighted by atomic mass is 9.99. The largest absolute Gasteiger partial charge is 0.365 e. The molecule has 2 nitrogen and oxygen atoms in total. The number of fused-ring (bicyclic) bond motifs is 6. The monoisotopic (exact) mass is 376 g/mol. The van der Waals surface area contributed by atoms with Crippen LogP contribution in [0.2, 0.25) is 0 Å². The lowest BCUT2D eigenvalue weighted by Crippen LogP contribution is -2.08. The normalized spacial score (nSPS) is 13.9. The molecule has 1 heterocycles. The Morgan fingerprint density at radius 1 is 0.947 bits per heavy atom. The van der Waals surface area contributed by atoms with Gasteiger partial charge in [-0.15, -0.1) is 0 Å². The third-order valence-electron chi connectivity index (χ3n) is 3.60. The predicted molar refractivity (Wildman–Crippen MR) is 89.0 cm³/mol. The minimum atomic E-state index is 0.786. The van der Waals surface area contributed by atoms with Crippen LogP contribution in [-0.4, -0.2) is 6.67 Å². The van der Waals surface area contributed by atoms with Crippen molar-refractivity contribution in [1.29, 1.82) is 0 Å². The number of rotatable bonds is 0. The van der Waals surface area contributed by atoms with Crippen LogP contribution in [-0.2, 0) is 0 Å². The van der Waals surface area contributed by atoms with Gasteiger partial charge < -0.3 is 5.32 Å². The first kappa shape index (κ1) is 11.6. The molecule has 1 aliphatic rings. The summed E-state index contributed by atoms with van der Waals surface area (Å²) in [5.74, 6) is 0. The second-order valence-electron chi connectivity index (χ2n) is 4.66. The first-order valence-electron chi connectivity index (χ1n) is 6.07. The second-order valence-corrected chi connectivity index (χ2v) is 6.43. The molecule has 1 N–H and O–H groups in total. The van der Waals surface area contributed by atoms with E-state index in [9.17, 15) is 0 Å². The van der Waals surface area contributed by atoms with Crippen LogP contribution in [0.3, 0.4) is 0 Å². The number of nitrogens with one attached hydrogen (secondary N) is 1. The Hall–Kier alpha value is -1.26. The van der Waals surface area contributed by atoms with Gasteiger partial charge in [-0.3, -0.25) is 3.93 Å². The molecule has 19 heavy (non-hydrogen) atoms. The molecule has 3 aromatic rings. The van der Waals surface area contributed by atoms with Gasteiger partial charge in [0.05, 0.1) is 34.2 Å². The van der Waals surface area contributed by atoms with Crippen LogP contribution in [0.25, 0.3) is 21.5 Å². The van der Waals surface area contributed by atoms with Crippen LogP contribution in [0.4, 0.5) is 11.4 Å². The third kappa shape index (κ3) is 1.60. The highest BCUT2D eigenvalue weighted by atomic mass is 79.9. The van der Waals surface area contributed by atoms with Gasteiger partial charge in [-0.25, -0.2) is 0 Å². The third-order valence-corrected chi connectivity index (χ3v) is 4.70. The molecule has 0 atom stereocenters. The van der Waals surface area contributed by atoms with E-state index in [0.29, 0.717) is 0 Å². The van der Waals surface area contributed by atoms with Gasteiger partial charge >= 0.3 is 0 Å². The van der Waals surface area contributed by atoms with Gasteiger partial charge in [-0.05, 0) is 22.9 Å². The van der Waals surface area contributed by atoms with Gasteiger partial charge in [0.1, 0.15) is 0 Å². The zero-order valence-electron chi connectivity index (χ0n) is 9.95. The Bertz CT molecular complexity index is 814. The fourth-order valence-electron chi connectivity index (χ4n) is 2.80. The molecule has 0 unspecified atom stereocenters. The number of halogens is 2. The van der Waals surface area contributed by atoms with Crippen LogP contribution >= 0.6 is 32.1 Å². The molecular formula is C15H10Br2N2. The SMILES string of the molecule is Brc1ccc2c3c(c4ccccc4c2c1)NCN3Br. The first-order chi connectivity index (χ1) is 9.25. The van der Waals surface area contributed by atoms with E-state index in [1.165, 1.54) is 32.9 Å². The van der Waals surface area contributed by atoms with E-state index in [-0.39, 0.29) is 0 Å². The Labute approximate surface area is 127 Å². The summed E-state index contributed by atoms with van der Waals surface area (Å²) < 4.78 is 3.20. The van der Waals surface area contributed by atoms with E-state index in [2.05, 4.69) is 83.8 Å². The predicted octanol–water partition coefficient (Wildman–Crippen LogP) is 5.25. The molecule has 1 aliphatic heterocycles. The number of hydrogen-bond acceptors (Lipinski definition) is 2. The fourth-order valence-corrected chi connectivity index (χ4v) is 3.66. The average molecular weight is 378 g/mol. The average Bonchev–Trinajstić information content (AvgIpc) is 2.82. The molecule has 4 rings (SSSR count). The summed E-state index contributed by atoms with van der Waals surface area (Å²) in [7, 11) is 0. The van der Waals surface area contributed by atoms with Gasteiger partial charge in [-0.2, -0.15) is 0 Å². The molecule has 3 aromatic carbocycles. The zero-order valence-corrected chi connectivity index (χ0v) is 13.1. The molecule has 0 aliphatic carbocycles. The van der Waals surface area contributed by atoms with Crippen molar-refractivity contribution < 1.29 is 0 Å². The van der Waals surface area contributed by atoms with Crippen molar-refractivity contribution in [1.82, 2.24) is 0 Å². The Morgan fingerprint density at radius 3 is 2.58 bits per heavy atom. The van der Waals surface area contributed by atoms with Crippen LogP contribution in [0.5, 0.6) is 0 Å². The highest BCUT2D eigenvalue weighted by Crippen LogP contribution is 2.46. The van der Waals surface area contributed by atoms with E-state index >= 15 is 0 Å². The highest BCUT2D eigenvalue weighted by Gasteiger charge is 2.22. The van der Waals surface area contributed by atoms with Crippen molar-refractivity contribution in [2.24, 2.45) is 0 Å². The summed E-state index contributed by atoms with van der Waals surface area (Å²) in [5, 5.41) is 8.56. The Balaban J connectivity index is 2.30. The highest BCUT2D eigenvalue weighted by molar-refractivity contribution is 9.10. The molecule has 0 radical (unpaired) electrons. The number of anilines is 2. The van der Waals surface area contributed by atoms with E-state index in [1.54, 1.807) is 0 Å². The minimum Gasteiger partial charge on any atom is -0.365 e. The molecule has 0 aromatic heterocycles. The van der Waals surface area contributed by atoms with Crippen LogP contribution in [0.1, 0.15) is 0 Å². The van der Waals surface area contributed by atoms with Crippen LogP contribution in [0, 0.1) is 0 Å². The van der Waals surface area contributed by atoms with E-state index in [4.69, 9.17) is 0 Å². The molecule has 0 saturated carbocycles. The molecule has 0 bridgehead atoms. The molecule has 4 heteroatoms. The van der Waals surface area contributed by atoms with Crippen molar-refractivity contribution in [2.75, 3.05) is 15.9 Å². The number of benzene rings is 3. The summed E-state index contributed by atoms with van der Waals surface area (Å²) in [6, 6.07) is 15.0. The lowest BCUT2D eigenvalue weighted by molar-refractivity contribution is 1.22. The zero-order chi connectivity index (χ0) is 13.0. The van der Waals surface area contributed by atoms with Gasteiger partial charge in [0.25, 0.3) is 0 Å². The molecule has 94 valence electrons. The van der Waals surface area contributed by atoms with Crippen LogP contribution < -0.4 is 9.24 Å². The quantitative estimate of drug-likeness (QED) is 0.425. The first-order valence-corrected chi connectivity index (χ1v) is 7.57. The maximum absolute atomic E-state index is 3.62. The summed E-state index contributed by atoms with van der Waals surface area (Å²) in [6.07, 6.45) is 0. The van der Waals surface area contributed by atoms with Gasteiger partial charge in [0.15, 0.2) is 0 Å². The van der Waals surface area contributed by atoms with E-state index < -0.39 is 0 Å². The standard InChI is InChI=1S/C15H10Br2N2/c16-9-5-6-12-13(7-9)10-3-1-2-4-11(10)14-15(12)19(17)8-18-14/h1-7,18H,8H2. The summed E-state index contributed by atoms with van der Waals surface area (Å²) in [6.45, 7) is 0.786. The summed E-state index contributed by atoms with van der Waals surface area (Å²) >= 11 is 7.19. The second kappa shape index (κ2) is 4.12. The Kier molecular flexibility index (Phi) is 2.50. The van der Waals surface area contributed by atoms with Gasteiger partial charge in [0.2, 0.25) is 0 Å². The van der Waals surface area contributed by atoms with E-state index in [0.717, 1.165) is 11.1 Å². The van der Waals surface area contributed by atoms with Crippen molar-refractivity contribution in [3.63, 3.8) is 0 Å².